The topological polar surface area (TPSA) is 60.3 Å². The number of nitrogens with zero attached hydrogens (tertiary/aromatic N) is 1. The van der Waals surface area contributed by atoms with Crippen molar-refractivity contribution >= 4 is 6.09 Å². The predicted octanol–water partition coefficient (Wildman–Crippen LogP) is 3.50. The largest absolute Gasteiger partial charge is 0.444 e. The maximum Gasteiger partial charge on any atom is 0.408 e. The van der Waals surface area contributed by atoms with Crippen LogP contribution in [0.4, 0.5) is 4.79 Å². The fourth-order valence-electron chi connectivity index (χ4n) is 4.38. The molecule has 25 heavy (non-hydrogen) atoms. The molecule has 0 aliphatic heterocycles. The Morgan fingerprint density at radius 1 is 1.40 bits per heavy atom. The molecule has 0 aromatic carbocycles. The van der Waals surface area contributed by atoms with Gasteiger partial charge in [-0.2, -0.15) is 0 Å². The van der Waals surface area contributed by atoms with Gasteiger partial charge in [0, 0.05) is 18.3 Å². The lowest BCUT2D eigenvalue weighted by Gasteiger charge is -2.46. The first-order valence-electron chi connectivity index (χ1n) is 9.05. The molecule has 1 aromatic rings. The first-order valence-corrected chi connectivity index (χ1v) is 9.05. The van der Waals surface area contributed by atoms with Crippen molar-refractivity contribution in [3.05, 3.63) is 45.4 Å². The minimum atomic E-state index is -0.542. The summed E-state index contributed by atoms with van der Waals surface area (Å²) in [6.07, 6.45) is 4.32. The minimum Gasteiger partial charge on any atom is -0.444 e. The van der Waals surface area contributed by atoms with Crippen LogP contribution in [-0.4, -0.2) is 16.3 Å². The van der Waals surface area contributed by atoms with E-state index in [-0.39, 0.29) is 5.56 Å². The summed E-state index contributed by atoms with van der Waals surface area (Å²) in [5.41, 5.74) is 2.36. The lowest BCUT2D eigenvalue weighted by atomic mass is 9.66. The van der Waals surface area contributed by atoms with Crippen molar-refractivity contribution in [2.45, 2.75) is 71.6 Å². The number of nitrogens with one attached hydrogen (secondary N) is 1. The predicted molar refractivity (Wildman–Crippen MR) is 97.6 cm³/mol. The van der Waals surface area contributed by atoms with Gasteiger partial charge in [0.1, 0.15) is 5.60 Å². The molecule has 0 radical (unpaired) electrons. The molecule has 0 spiro atoms. The third-order valence-electron chi connectivity index (χ3n) is 5.03. The number of pyridine rings is 1. The highest BCUT2D eigenvalue weighted by molar-refractivity contribution is 5.70. The van der Waals surface area contributed by atoms with Crippen LogP contribution in [0, 0.1) is 5.92 Å². The van der Waals surface area contributed by atoms with Gasteiger partial charge in [-0.05, 0) is 71.4 Å². The second-order valence-corrected chi connectivity index (χ2v) is 8.34. The number of rotatable bonds is 2. The summed E-state index contributed by atoms with van der Waals surface area (Å²) < 4.78 is 7.35. The molecule has 1 aromatic heterocycles. The number of alkyl carbamates (subject to hydrolysis) is 1. The quantitative estimate of drug-likeness (QED) is 0.835. The molecular formula is C20H28N2O3. The zero-order chi connectivity index (χ0) is 18.4. The summed E-state index contributed by atoms with van der Waals surface area (Å²) in [6, 6.07) is 3.52. The highest BCUT2D eigenvalue weighted by Crippen LogP contribution is 2.46. The number of fused-ring (bicyclic) bond motifs is 4. The Bertz CT molecular complexity index is 785. The number of allylic oxidation sites excluding steroid dienone is 1. The highest BCUT2D eigenvalue weighted by Gasteiger charge is 2.45. The molecule has 0 saturated heterocycles. The van der Waals surface area contributed by atoms with Crippen molar-refractivity contribution in [3.8, 4) is 0 Å². The van der Waals surface area contributed by atoms with Crippen LogP contribution in [0.25, 0.3) is 0 Å². The molecule has 3 rings (SSSR count). The van der Waals surface area contributed by atoms with Gasteiger partial charge in [0.15, 0.2) is 0 Å². The molecule has 1 N–H and O–H groups in total. The maximum atomic E-state index is 12.5. The third kappa shape index (κ3) is 3.37. The molecule has 1 heterocycles. The van der Waals surface area contributed by atoms with E-state index in [9.17, 15) is 9.59 Å². The van der Waals surface area contributed by atoms with Gasteiger partial charge in [0.25, 0.3) is 5.56 Å². The average Bonchev–Trinajstić information content (AvgIpc) is 2.43. The summed E-state index contributed by atoms with van der Waals surface area (Å²) >= 11 is 0. The van der Waals surface area contributed by atoms with Gasteiger partial charge >= 0.3 is 6.09 Å². The Hall–Kier alpha value is -2.04. The van der Waals surface area contributed by atoms with E-state index in [0.717, 1.165) is 30.5 Å². The standard InChI is InChI=1S/C20H28N2O3/c1-6-22-16-10-14-9-13(2)11-20(12-14,15(16)7-8-17(22)23)21-18(24)25-19(3,4)5/h7-9,14H,6,10-12H2,1-5H3,(H,21,24)/t14-,20-/m0/s1. The van der Waals surface area contributed by atoms with Crippen LogP contribution in [0.2, 0.25) is 0 Å². The molecular weight excluding hydrogens is 316 g/mol. The Balaban J connectivity index is 2.07. The van der Waals surface area contributed by atoms with Crippen molar-refractivity contribution in [2.24, 2.45) is 5.92 Å². The fourth-order valence-corrected chi connectivity index (χ4v) is 4.38. The van der Waals surface area contributed by atoms with Crippen molar-refractivity contribution < 1.29 is 9.53 Å². The lowest BCUT2D eigenvalue weighted by Crippen LogP contribution is -2.53. The summed E-state index contributed by atoms with van der Waals surface area (Å²) in [7, 11) is 0. The maximum absolute atomic E-state index is 12.5. The van der Waals surface area contributed by atoms with Crippen molar-refractivity contribution in [3.63, 3.8) is 0 Å². The van der Waals surface area contributed by atoms with E-state index in [2.05, 4.69) is 18.3 Å². The molecule has 5 nitrogen and oxygen atoms in total. The first kappa shape index (κ1) is 17.8. The fraction of sp³-hybridized carbons (Fsp3) is 0.600. The highest BCUT2D eigenvalue weighted by atomic mass is 16.6. The molecule has 0 unspecified atom stereocenters. The number of ether oxygens (including phenoxy) is 1. The zero-order valence-corrected chi connectivity index (χ0v) is 15.8. The monoisotopic (exact) mass is 344 g/mol. The summed E-state index contributed by atoms with van der Waals surface area (Å²) in [6.45, 7) is 10.3. The lowest BCUT2D eigenvalue weighted by molar-refractivity contribution is 0.0421. The van der Waals surface area contributed by atoms with Gasteiger partial charge in [-0.3, -0.25) is 4.79 Å². The normalized spacial score (nSPS) is 25.0. The van der Waals surface area contributed by atoms with Crippen molar-refractivity contribution in [1.29, 1.82) is 0 Å². The van der Waals surface area contributed by atoms with Gasteiger partial charge in [-0.1, -0.05) is 11.6 Å². The SMILES string of the molecule is CCn1c2c(ccc1=O)[C@]1(NC(=O)OC(C)(C)C)CC(C)=C[C@@H](C2)C1. The van der Waals surface area contributed by atoms with E-state index in [4.69, 9.17) is 4.74 Å². The zero-order valence-electron chi connectivity index (χ0n) is 15.8. The molecule has 1 amide bonds. The molecule has 2 aliphatic carbocycles. The number of aromatic nitrogens is 1. The van der Waals surface area contributed by atoms with Crippen molar-refractivity contribution in [2.75, 3.05) is 0 Å². The number of hydrogen-bond donors (Lipinski definition) is 1. The smallest absolute Gasteiger partial charge is 0.408 e. The average molecular weight is 344 g/mol. The van der Waals surface area contributed by atoms with Crippen LogP contribution < -0.4 is 10.9 Å². The second kappa shape index (κ2) is 6.04. The van der Waals surface area contributed by atoms with E-state index in [1.165, 1.54) is 5.57 Å². The number of carbonyl (C=O) groups excluding carboxylic acids is 1. The van der Waals surface area contributed by atoms with Crippen LogP contribution in [0.1, 0.15) is 58.7 Å². The molecule has 0 fully saturated rings. The van der Waals surface area contributed by atoms with E-state index in [1.807, 2.05) is 38.3 Å². The first-order chi connectivity index (χ1) is 11.6. The van der Waals surface area contributed by atoms with Crippen LogP contribution in [-0.2, 0) is 23.2 Å². The number of hydrogen-bond acceptors (Lipinski definition) is 3. The van der Waals surface area contributed by atoms with Gasteiger partial charge < -0.3 is 14.6 Å². The number of carbonyl (C=O) groups is 1. The van der Waals surface area contributed by atoms with Crippen LogP contribution in [0.15, 0.2) is 28.6 Å². The summed E-state index contributed by atoms with van der Waals surface area (Å²) in [5.74, 6) is 0.329. The Morgan fingerprint density at radius 3 is 2.76 bits per heavy atom. The van der Waals surface area contributed by atoms with E-state index in [0.29, 0.717) is 12.5 Å². The molecule has 2 aliphatic rings. The van der Waals surface area contributed by atoms with Gasteiger partial charge in [0.2, 0.25) is 0 Å². The molecule has 5 heteroatoms. The Morgan fingerprint density at radius 2 is 2.12 bits per heavy atom. The molecule has 136 valence electrons. The summed E-state index contributed by atoms with van der Waals surface area (Å²) in [5, 5.41) is 3.16. The van der Waals surface area contributed by atoms with E-state index in [1.54, 1.807) is 6.07 Å². The van der Waals surface area contributed by atoms with E-state index >= 15 is 0 Å². The third-order valence-corrected chi connectivity index (χ3v) is 5.03. The van der Waals surface area contributed by atoms with Gasteiger partial charge in [-0.25, -0.2) is 4.79 Å². The summed E-state index contributed by atoms with van der Waals surface area (Å²) in [4.78, 5) is 24.8. The minimum absolute atomic E-state index is 0.0225. The number of amides is 1. The van der Waals surface area contributed by atoms with E-state index < -0.39 is 17.2 Å². The van der Waals surface area contributed by atoms with Crippen LogP contribution >= 0.6 is 0 Å². The second-order valence-electron chi connectivity index (χ2n) is 8.34. The molecule has 2 atom stereocenters. The Labute approximate surface area is 149 Å². The van der Waals surface area contributed by atoms with Gasteiger partial charge in [-0.15, -0.1) is 0 Å². The van der Waals surface area contributed by atoms with Crippen molar-refractivity contribution in [1.82, 2.24) is 9.88 Å². The molecule has 2 bridgehead atoms. The molecule has 0 saturated carbocycles. The van der Waals surface area contributed by atoms with Crippen LogP contribution in [0.3, 0.4) is 0 Å². The Kier molecular flexibility index (Phi) is 4.30. The van der Waals surface area contributed by atoms with Crippen LogP contribution in [0.5, 0.6) is 0 Å². The van der Waals surface area contributed by atoms with Gasteiger partial charge in [0.05, 0.1) is 5.54 Å².